The van der Waals surface area contributed by atoms with Gasteiger partial charge in [0.25, 0.3) is 5.69 Å². The molecule has 0 unspecified atom stereocenters. The first-order valence-electron chi connectivity index (χ1n) is 5.98. The summed E-state index contributed by atoms with van der Waals surface area (Å²) in [6.07, 6.45) is 0. The highest BCUT2D eigenvalue weighted by atomic mass is 79.9. The lowest BCUT2D eigenvalue weighted by Gasteiger charge is -2.08. The maximum Gasteiger partial charge on any atom is 0.349 e. The third-order valence-electron chi connectivity index (χ3n) is 2.52. The highest BCUT2D eigenvalue weighted by Crippen LogP contribution is 2.28. The Labute approximate surface area is 142 Å². The molecule has 2 rings (SSSR count). The number of benzene rings is 2. The lowest BCUT2D eigenvalue weighted by atomic mass is 10.3. The van der Waals surface area contributed by atoms with Gasteiger partial charge in [-0.05, 0) is 46.3 Å². The molecule has 0 bridgehead atoms. The molecule has 0 heterocycles. The summed E-state index contributed by atoms with van der Waals surface area (Å²) < 4.78 is 11.8. The first-order valence-corrected chi connectivity index (χ1v) is 7.57. The molecule has 0 aromatic heterocycles. The van der Waals surface area contributed by atoms with Gasteiger partial charge in [-0.3, -0.25) is 10.1 Å². The normalized spacial score (nSPS) is 10.1. The number of esters is 1. The molecule has 0 saturated heterocycles. The van der Waals surface area contributed by atoms with E-state index in [0.29, 0.717) is 16.0 Å². The quantitative estimate of drug-likeness (QED) is 0.308. The average Bonchev–Trinajstić information content (AvgIpc) is 2.48. The van der Waals surface area contributed by atoms with Gasteiger partial charge < -0.3 is 9.47 Å². The lowest BCUT2D eigenvalue weighted by Crippen LogP contribution is -2.17. The van der Waals surface area contributed by atoms with Gasteiger partial charge in [-0.15, -0.1) is 0 Å². The number of nitro groups is 1. The summed E-state index contributed by atoms with van der Waals surface area (Å²) in [4.78, 5) is 21.7. The van der Waals surface area contributed by atoms with Crippen LogP contribution in [0.3, 0.4) is 0 Å². The van der Waals surface area contributed by atoms with Crippen molar-refractivity contribution >= 4 is 43.5 Å². The van der Waals surface area contributed by atoms with E-state index in [4.69, 9.17) is 9.47 Å². The van der Waals surface area contributed by atoms with Crippen LogP contribution in [0.15, 0.2) is 51.4 Å². The Balaban J connectivity index is 1.91. The largest absolute Gasteiger partial charge is 0.482 e. The number of rotatable bonds is 5. The smallest absolute Gasteiger partial charge is 0.349 e. The number of non-ortho nitro benzene ring substituents is 1. The number of carbonyl (C=O) groups excluding carboxylic acids is 1. The van der Waals surface area contributed by atoms with Gasteiger partial charge in [0.1, 0.15) is 11.5 Å². The summed E-state index contributed by atoms with van der Waals surface area (Å²) in [6, 6.07) is 10.6. The topological polar surface area (TPSA) is 78.7 Å². The van der Waals surface area contributed by atoms with Gasteiger partial charge in [0, 0.05) is 16.6 Å². The summed E-state index contributed by atoms with van der Waals surface area (Å²) in [6.45, 7) is -0.305. The van der Waals surface area contributed by atoms with E-state index >= 15 is 0 Å². The predicted octanol–water partition coefficient (Wildman–Crippen LogP) is 4.10. The molecule has 0 radical (unpaired) electrons. The van der Waals surface area contributed by atoms with Gasteiger partial charge in [0.05, 0.1) is 9.40 Å². The van der Waals surface area contributed by atoms with E-state index in [-0.39, 0.29) is 12.3 Å². The maximum atomic E-state index is 11.7. The van der Waals surface area contributed by atoms with Gasteiger partial charge in [0.15, 0.2) is 6.61 Å². The van der Waals surface area contributed by atoms with Crippen molar-refractivity contribution in [3.63, 3.8) is 0 Å². The molecule has 2 aromatic carbocycles. The van der Waals surface area contributed by atoms with Gasteiger partial charge in [-0.25, -0.2) is 4.79 Å². The number of nitro benzene ring substituents is 1. The SMILES string of the molecule is O=C(COc1ccc([N+](=O)[O-])cc1)Oc1ccc(Br)cc1Br. The first-order chi connectivity index (χ1) is 10.5. The molecule has 114 valence electrons. The number of ether oxygens (including phenoxy) is 2. The molecule has 0 spiro atoms. The fourth-order valence-corrected chi connectivity index (χ4v) is 2.64. The fourth-order valence-electron chi connectivity index (χ4n) is 1.52. The van der Waals surface area contributed by atoms with E-state index in [1.807, 2.05) is 0 Å². The Hall–Kier alpha value is -1.93. The number of carbonyl (C=O) groups is 1. The summed E-state index contributed by atoms with van der Waals surface area (Å²) in [5.74, 6) is 0.138. The maximum absolute atomic E-state index is 11.7. The van der Waals surface area contributed by atoms with Crippen molar-refractivity contribution in [2.45, 2.75) is 0 Å². The van der Waals surface area contributed by atoms with Crippen LogP contribution in [0.5, 0.6) is 11.5 Å². The Morgan fingerprint density at radius 1 is 1.14 bits per heavy atom. The molecule has 0 amide bonds. The molecule has 6 nitrogen and oxygen atoms in total. The molecule has 22 heavy (non-hydrogen) atoms. The summed E-state index contributed by atoms with van der Waals surface area (Å²) >= 11 is 6.58. The minimum absolute atomic E-state index is 0.0475. The molecule has 0 aliphatic carbocycles. The number of halogens is 2. The van der Waals surface area contributed by atoms with E-state index in [2.05, 4.69) is 31.9 Å². The van der Waals surface area contributed by atoms with Crippen LogP contribution in [0.25, 0.3) is 0 Å². The lowest BCUT2D eigenvalue weighted by molar-refractivity contribution is -0.384. The van der Waals surface area contributed by atoms with Crippen molar-refractivity contribution < 1.29 is 19.2 Å². The predicted molar refractivity (Wildman–Crippen MR) is 86.1 cm³/mol. The first kappa shape index (κ1) is 16.4. The van der Waals surface area contributed by atoms with Gasteiger partial charge in [0.2, 0.25) is 0 Å². The van der Waals surface area contributed by atoms with Crippen LogP contribution in [-0.2, 0) is 4.79 Å². The molecule has 0 aliphatic rings. The minimum atomic E-state index is -0.582. The second kappa shape index (κ2) is 7.37. The van der Waals surface area contributed by atoms with Crippen LogP contribution in [0.1, 0.15) is 0 Å². The zero-order valence-corrected chi connectivity index (χ0v) is 14.2. The van der Waals surface area contributed by atoms with Crippen LogP contribution in [-0.4, -0.2) is 17.5 Å². The van der Waals surface area contributed by atoms with Crippen LogP contribution >= 0.6 is 31.9 Å². The van der Waals surface area contributed by atoms with E-state index in [1.54, 1.807) is 18.2 Å². The van der Waals surface area contributed by atoms with E-state index in [0.717, 1.165) is 4.47 Å². The van der Waals surface area contributed by atoms with Crippen molar-refractivity contribution in [3.8, 4) is 11.5 Å². The van der Waals surface area contributed by atoms with E-state index < -0.39 is 10.9 Å². The standard InChI is InChI=1S/C14H9Br2NO5/c15-9-1-6-13(12(16)7-9)22-14(18)8-21-11-4-2-10(3-5-11)17(19)20/h1-7H,8H2. The molecule has 0 aliphatic heterocycles. The van der Waals surface area contributed by atoms with Crippen molar-refractivity contribution in [1.29, 1.82) is 0 Å². The fraction of sp³-hybridized carbons (Fsp3) is 0.0714. The summed E-state index contributed by atoms with van der Waals surface area (Å²) in [5.41, 5.74) is -0.0475. The Morgan fingerprint density at radius 3 is 2.41 bits per heavy atom. The van der Waals surface area contributed by atoms with Crippen LogP contribution in [0.2, 0.25) is 0 Å². The van der Waals surface area contributed by atoms with Crippen molar-refractivity contribution in [2.24, 2.45) is 0 Å². The molecule has 0 saturated carbocycles. The molecule has 0 fully saturated rings. The molecule has 0 N–H and O–H groups in total. The van der Waals surface area contributed by atoms with Gasteiger partial charge in [-0.1, -0.05) is 15.9 Å². The molecule has 8 heteroatoms. The Morgan fingerprint density at radius 2 is 1.82 bits per heavy atom. The van der Waals surface area contributed by atoms with Crippen LogP contribution in [0.4, 0.5) is 5.69 Å². The summed E-state index contributed by atoms with van der Waals surface area (Å²) in [7, 11) is 0. The monoisotopic (exact) mass is 429 g/mol. The minimum Gasteiger partial charge on any atom is -0.482 e. The molecular weight excluding hydrogens is 422 g/mol. The number of nitrogens with zero attached hydrogens (tertiary/aromatic N) is 1. The number of hydrogen-bond acceptors (Lipinski definition) is 5. The van der Waals surface area contributed by atoms with Gasteiger partial charge >= 0.3 is 5.97 Å². The average molecular weight is 431 g/mol. The van der Waals surface area contributed by atoms with Crippen molar-refractivity contribution in [1.82, 2.24) is 0 Å². The molecule has 2 aromatic rings. The zero-order valence-electron chi connectivity index (χ0n) is 11.0. The molecule has 0 atom stereocenters. The highest BCUT2D eigenvalue weighted by Gasteiger charge is 2.10. The van der Waals surface area contributed by atoms with Crippen molar-refractivity contribution in [3.05, 3.63) is 61.5 Å². The second-order valence-electron chi connectivity index (χ2n) is 4.09. The van der Waals surface area contributed by atoms with Crippen LogP contribution in [0, 0.1) is 10.1 Å². The summed E-state index contributed by atoms with van der Waals surface area (Å²) in [5, 5.41) is 10.5. The molecular formula is C14H9Br2NO5. The third kappa shape index (κ3) is 4.54. The van der Waals surface area contributed by atoms with Gasteiger partial charge in [-0.2, -0.15) is 0 Å². The van der Waals surface area contributed by atoms with Crippen molar-refractivity contribution in [2.75, 3.05) is 6.61 Å². The number of hydrogen-bond donors (Lipinski definition) is 0. The zero-order chi connectivity index (χ0) is 16.1. The highest BCUT2D eigenvalue weighted by molar-refractivity contribution is 9.11. The third-order valence-corrected chi connectivity index (χ3v) is 3.63. The van der Waals surface area contributed by atoms with E-state index in [9.17, 15) is 14.9 Å². The Kier molecular flexibility index (Phi) is 5.51. The van der Waals surface area contributed by atoms with E-state index in [1.165, 1.54) is 24.3 Å². The second-order valence-corrected chi connectivity index (χ2v) is 5.86. The Bertz CT molecular complexity index is 703. The van der Waals surface area contributed by atoms with Crippen LogP contribution < -0.4 is 9.47 Å².